The van der Waals surface area contributed by atoms with Crippen LogP contribution in [0, 0.1) is 22.7 Å². The van der Waals surface area contributed by atoms with Gasteiger partial charge >= 0.3 is 0 Å². The third kappa shape index (κ3) is 2.99. The molecule has 0 spiro atoms. The minimum absolute atomic E-state index is 0.470. The summed E-state index contributed by atoms with van der Waals surface area (Å²) in [6.07, 6.45) is 0. The smallest absolute Gasteiger partial charge is 0.101 e. The summed E-state index contributed by atoms with van der Waals surface area (Å²) < 4.78 is 0. The van der Waals surface area contributed by atoms with Crippen LogP contribution in [0.1, 0.15) is 11.1 Å². The lowest BCUT2D eigenvalue weighted by Crippen LogP contribution is -2.56. The van der Waals surface area contributed by atoms with Crippen LogP contribution in [0.2, 0.25) is 39.3 Å². The van der Waals surface area contributed by atoms with Crippen LogP contribution in [0.5, 0.6) is 0 Å². The van der Waals surface area contributed by atoms with Gasteiger partial charge in [-0.05, 0) is 22.9 Å². The average molecular weight is 323 g/mol. The summed E-state index contributed by atoms with van der Waals surface area (Å²) in [6, 6.07) is 12.6. The number of rotatable bonds is 2. The number of nitrogens with zero attached hydrogens (tertiary/aromatic N) is 2. The van der Waals surface area contributed by atoms with Crippen molar-refractivity contribution in [3.63, 3.8) is 0 Å². The lowest BCUT2D eigenvalue weighted by atomic mass is 10.0. The van der Waals surface area contributed by atoms with E-state index in [-0.39, 0.29) is 0 Å². The van der Waals surface area contributed by atoms with Gasteiger partial charge in [-0.3, -0.25) is 0 Å². The Bertz CT molecular complexity index is 755. The van der Waals surface area contributed by atoms with Crippen molar-refractivity contribution in [1.82, 2.24) is 0 Å². The topological polar surface area (TPSA) is 47.6 Å². The van der Waals surface area contributed by atoms with Crippen molar-refractivity contribution in [1.29, 1.82) is 10.5 Å². The standard InChI is InChI=1S/C18H22N2Si2/c1-21(2,3)17-9-13-7-15(11-19)16(12-20)8-14(13)10-18(17)22(4,5)6/h7-10H,1-6H3. The fourth-order valence-electron chi connectivity index (χ4n) is 2.78. The Morgan fingerprint density at radius 3 is 1.18 bits per heavy atom. The van der Waals surface area contributed by atoms with Crippen LogP contribution in [0.15, 0.2) is 24.3 Å². The van der Waals surface area contributed by atoms with Gasteiger partial charge in [0.05, 0.1) is 27.3 Å². The molecule has 0 saturated carbocycles. The van der Waals surface area contributed by atoms with Crippen LogP contribution in [0.4, 0.5) is 0 Å². The van der Waals surface area contributed by atoms with Crippen molar-refractivity contribution in [2.75, 3.05) is 0 Å². The predicted molar refractivity (Wildman–Crippen MR) is 99.3 cm³/mol. The molecular formula is C18H22N2Si2. The lowest BCUT2D eigenvalue weighted by Gasteiger charge is -2.28. The normalized spacial score (nSPS) is 12.0. The van der Waals surface area contributed by atoms with Crippen molar-refractivity contribution in [3.8, 4) is 12.1 Å². The SMILES string of the molecule is C[Si](C)(C)c1cc2cc(C#N)c(C#N)cc2cc1[Si](C)(C)C. The molecule has 0 heterocycles. The molecule has 2 aromatic carbocycles. The second-order valence-electron chi connectivity index (χ2n) is 7.87. The van der Waals surface area contributed by atoms with E-state index in [1.807, 2.05) is 12.1 Å². The molecule has 0 aliphatic heterocycles. The maximum atomic E-state index is 9.24. The van der Waals surface area contributed by atoms with Crippen LogP contribution >= 0.6 is 0 Å². The van der Waals surface area contributed by atoms with Gasteiger partial charge in [-0.15, -0.1) is 0 Å². The number of fused-ring (bicyclic) bond motifs is 1. The quantitative estimate of drug-likeness (QED) is 0.792. The third-order valence-corrected chi connectivity index (χ3v) is 8.28. The molecule has 0 unspecified atom stereocenters. The van der Waals surface area contributed by atoms with Crippen molar-refractivity contribution < 1.29 is 0 Å². The van der Waals surface area contributed by atoms with E-state index in [4.69, 9.17) is 0 Å². The van der Waals surface area contributed by atoms with Gasteiger partial charge in [-0.2, -0.15) is 10.5 Å². The van der Waals surface area contributed by atoms with Gasteiger partial charge < -0.3 is 0 Å². The number of nitriles is 2. The van der Waals surface area contributed by atoms with Gasteiger partial charge in [0.2, 0.25) is 0 Å². The van der Waals surface area contributed by atoms with Gasteiger partial charge in [0.25, 0.3) is 0 Å². The first-order valence-electron chi connectivity index (χ1n) is 7.51. The average Bonchev–Trinajstić information content (AvgIpc) is 2.42. The van der Waals surface area contributed by atoms with E-state index in [0.29, 0.717) is 11.1 Å². The molecule has 0 radical (unpaired) electrons. The van der Waals surface area contributed by atoms with Gasteiger partial charge in [0, 0.05) is 0 Å². The molecule has 0 fully saturated rings. The van der Waals surface area contributed by atoms with Crippen LogP contribution in [-0.4, -0.2) is 16.1 Å². The Morgan fingerprint density at radius 2 is 0.955 bits per heavy atom. The molecule has 0 aliphatic carbocycles. The van der Waals surface area contributed by atoms with E-state index in [1.165, 1.54) is 10.4 Å². The van der Waals surface area contributed by atoms with Crippen LogP contribution < -0.4 is 10.4 Å². The monoisotopic (exact) mass is 322 g/mol. The molecule has 22 heavy (non-hydrogen) atoms. The fourth-order valence-corrected chi connectivity index (χ4v) is 7.96. The summed E-state index contributed by atoms with van der Waals surface area (Å²) in [5.41, 5.74) is 0.939. The molecule has 0 N–H and O–H groups in total. The molecule has 0 bridgehead atoms. The van der Waals surface area contributed by atoms with Crippen molar-refractivity contribution >= 4 is 37.3 Å². The van der Waals surface area contributed by atoms with E-state index in [1.54, 1.807) is 0 Å². The van der Waals surface area contributed by atoms with E-state index in [9.17, 15) is 10.5 Å². The minimum Gasteiger partial charge on any atom is -0.192 e. The third-order valence-electron chi connectivity index (χ3n) is 3.97. The molecule has 112 valence electrons. The zero-order valence-corrected chi connectivity index (χ0v) is 16.2. The molecule has 2 rings (SSSR count). The van der Waals surface area contributed by atoms with E-state index in [0.717, 1.165) is 10.8 Å². The van der Waals surface area contributed by atoms with Crippen LogP contribution in [0.3, 0.4) is 0 Å². The number of hydrogen-bond donors (Lipinski definition) is 0. The Labute approximate surface area is 135 Å². The Kier molecular flexibility index (Phi) is 4.04. The van der Waals surface area contributed by atoms with E-state index in [2.05, 4.69) is 63.6 Å². The summed E-state index contributed by atoms with van der Waals surface area (Å²) in [7, 11) is -2.94. The summed E-state index contributed by atoms with van der Waals surface area (Å²) in [6.45, 7) is 14.2. The van der Waals surface area contributed by atoms with Crippen LogP contribution in [-0.2, 0) is 0 Å². The molecule has 0 atom stereocenters. The molecule has 0 aliphatic rings. The Balaban J connectivity index is 2.91. The van der Waals surface area contributed by atoms with Crippen molar-refractivity contribution in [2.45, 2.75) is 39.3 Å². The minimum atomic E-state index is -1.47. The molecule has 2 aromatic rings. The highest BCUT2D eigenvalue weighted by Gasteiger charge is 2.28. The molecule has 0 amide bonds. The highest BCUT2D eigenvalue weighted by molar-refractivity contribution is 6.98. The summed E-state index contributed by atoms with van der Waals surface area (Å²) in [5.74, 6) is 0. The molecule has 4 heteroatoms. The van der Waals surface area contributed by atoms with Crippen molar-refractivity contribution in [3.05, 3.63) is 35.4 Å². The largest absolute Gasteiger partial charge is 0.192 e. The predicted octanol–water partition coefficient (Wildman–Crippen LogP) is 3.67. The first-order valence-corrected chi connectivity index (χ1v) is 14.5. The highest BCUT2D eigenvalue weighted by atomic mass is 28.3. The summed E-state index contributed by atoms with van der Waals surface area (Å²) >= 11 is 0. The maximum absolute atomic E-state index is 9.24. The molecule has 0 saturated heterocycles. The lowest BCUT2D eigenvalue weighted by molar-refractivity contribution is 1.45. The zero-order chi connectivity index (χ0) is 16.7. The van der Waals surface area contributed by atoms with Gasteiger partial charge in [-0.1, -0.05) is 61.8 Å². The van der Waals surface area contributed by atoms with Gasteiger partial charge in [-0.25, -0.2) is 0 Å². The molecular weight excluding hydrogens is 300 g/mol. The van der Waals surface area contributed by atoms with Gasteiger partial charge in [0.15, 0.2) is 0 Å². The Morgan fingerprint density at radius 1 is 0.636 bits per heavy atom. The van der Waals surface area contributed by atoms with Crippen LogP contribution in [0.25, 0.3) is 10.8 Å². The zero-order valence-electron chi connectivity index (χ0n) is 14.2. The van der Waals surface area contributed by atoms with Gasteiger partial charge in [0.1, 0.15) is 12.1 Å². The Hall–Kier alpha value is -1.89. The molecule has 2 nitrogen and oxygen atoms in total. The maximum Gasteiger partial charge on any atom is 0.101 e. The first kappa shape index (κ1) is 16.5. The second kappa shape index (κ2) is 5.39. The van der Waals surface area contributed by atoms with Crippen molar-refractivity contribution in [2.24, 2.45) is 0 Å². The summed E-state index contributed by atoms with van der Waals surface area (Å²) in [5, 5.41) is 23.6. The second-order valence-corrected chi connectivity index (χ2v) is 17.9. The van der Waals surface area contributed by atoms with E-state index >= 15 is 0 Å². The first-order chi connectivity index (χ1) is 10.1. The van der Waals surface area contributed by atoms with E-state index < -0.39 is 16.1 Å². The number of benzene rings is 2. The summed E-state index contributed by atoms with van der Waals surface area (Å²) in [4.78, 5) is 0. The number of hydrogen-bond acceptors (Lipinski definition) is 2. The molecule has 0 aromatic heterocycles. The highest BCUT2D eigenvalue weighted by Crippen LogP contribution is 2.20. The fraction of sp³-hybridized carbons (Fsp3) is 0.333.